The van der Waals surface area contributed by atoms with Crippen LogP contribution in [0.4, 0.5) is 19.1 Å². The maximum Gasteiger partial charge on any atom is 0.392 e. The average Bonchev–Trinajstić information content (AvgIpc) is 3.22. The van der Waals surface area contributed by atoms with Crippen molar-refractivity contribution in [3.8, 4) is 0 Å². The molecule has 0 saturated carbocycles. The number of imidazole rings is 1. The molecule has 0 fully saturated rings. The van der Waals surface area contributed by atoms with Crippen molar-refractivity contribution in [2.24, 2.45) is 5.92 Å². The number of aryl methyl sites for hydroxylation is 1. The highest BCUT2D eigenvalue weighted by atomic mass is 19.4. The number of H-pyrrole nitrogens is 1. The van der Waals surface area contributed by atoms with E-state index in [0.717, 1.165) is 11.1 Å². The van der Waals surface area contributed by atoms with Crippen molar-refractivity contribution in [2.75, 3.05) is 4.90 Å². The normalized spacial score (nSPS) is 19.2. The van der Waals surface area contributed by atoms with Crippen molar-refractivity contribution in [3.63, 3.8) is 0 Å². The first-order valence-electron chi connectivity index (χ1n) is 8.31. The first-order valence-corrected chi connectivity index (χ1v) is 8.31. The van der Waals surface area contributed by atoms with Gasteiger partial charge in [0.2, 0.25) is 5.95 Å². The summed E-state index contributed by atoms with van der Waals surface area (Å²) in [5.41, 5.74) is 4.94. The van der Waals surface area contributed by atoms with Gasteiger partial charge < -0.3 is 9.88 Å². The van der Waals surface area contributed by atoms with Crippen LogP contribution in [0.1, 0.15) is 39.3 Å². The number of nitrogens with zero attached hydrogens (tertiary/aromatic N) is 2. The van der Waals surface area contributed by atoms with E-state index in [1.807, 2.05) is 11.0 Å². The number of hydroxylamine groups is 1. The summed E-state index contributed by atoms with van der Waals surface area (Å²) in [7, 11) is 0. The predicted molar refractivity (Wildman–Crippen MR) is 85.7 cm³/mol. The van der Waals surface area contributed by atoms with Crippen LogP contribution in [0.25, 0.3) is 0 Å². The van der Waals surface area contributed by atoms with Crippen molar-refractivity contribution in [1.29, 1.82) is 0 Å². The number of hydrogen-bond acceptors (Lipinski definition) is 4. The molecule has 0 radical (unpaired) electrons. The second-order valence-electron chi connectivity index (χ2n) is 6.71. The number of nitrogens with one attached hydrogen (secondary N) is 2. The number of carbonyl (C=O) groups excluding carboxylic acids is 1. The molecule has 2 aliphatic rings. The zero-order chi connectivity index (χ0) is 18.5. The van der Waals surface area contributed by atoms with E-state index in [0.29, 0.717) is 42.4 Å². The lowest BCUT2D eigenvalue weighted by atomic mass is 9.89. The predicted octanol–water partition coefficient (Wildman–Crippen LogP) is 2.72. The van der Waals surface area contributed by atoms with Gasteiger partial charge in [0.25, 0.3) is 5.91 Å². The molecule has 0 spiro atoms. The number of benzene rings is 1. The van der Waals surface area contributed by atoms with Crippen LogP contribution in [0.15, 0.2) is 18.2 Å². The van der Waals surface area contributed by atoms with Crippen molar-refractivity contribution in [2.45, 2.75) is 38.5 Å². The highest BCUT2D eigenvalue weighted by molar-refractivity contribution is 5.95. The number of alkyl halides is 3. The molecule has 1 aromatic heterocycles. The fourth-order valence-corrected chi connectivity index (χ4v) is 3.74. The molecule has 0 bridgehead atoms. The Balaban J connectivity index is 1.58. The molecule has 4 rings (SSSR count). The van der Waals surface area contributed by atoms with Crippen LogP contribution in [-0.4, -0.2) is 27.3 Å². The molecule has 1 atom stereocenters. The molecular formula is C17H17F3N4O2. The van der Waals surface area contributed by atoms with Crippen LogP contribution in [0.5, 0.6) is 0 Å². The van der Waals surface area contributed by atoms with E-state index < -0.39 is 18.0 Å². The molecule has 0 saturated heterocycles. The minimum Gasteiger partial charge on any atom is -0.334 e. The van der Waals surface area contributed by atoms with Crippen LogP contribution in [0.3, 0.4) is 0 Å². The number of rotatable bonds is 2. The maximum absolute atomic E-state index is 13.0. The van der Waals surface area contributed by atoms with Gasteiger partial charge in [-0.05, 0) is 30.0 Å². The van der Waals surface area contributed by atoms with Gasteiger partial charge in [-0.1, -0.05) is 12.1 Å². The Kier molecular flexibility index (Phi) is 3.91. The van der Waals surface area contributed by atoms with Gasteiger partial charge in [-0.25, -0.2) is 10.5 Å². The van der Waals surface area contributed by atoms with Crippen LogP contribution >= 0.6 is 0 Å². The molecule has 1 aromatic carbocycles. The summed E-state index contributed by atoms with van der Waals surface area (Å²) < 4.78 is 38.9. The quantitative estimate of drug-likeness (QED) is 0.564. The SMILES string of the molecule is O=C(NO)c1cccc2c1CN(c1nc3c([nH]1)CC(C(F)(F)F)CC3)C2. The Morgan fingerprint density at radius 3 is 2.88 bits per heavy atom. The minimum absolute atomic E-state index is 0.0574. The van der Waals surface area contributed by atoms with E-state index in [-0.39, 0.29) is 12.8 Å². The Morgan fingerprint density at radius 2 is 2.15 bits per heavy atom. The van der Waals surface area contributed by atoms with Crippen molar-refractivity contribution < 1.29 is 23.2 Å². The van der Waals surface area contributed by atoms with Gasteiger partial charge in [0, 0.05) is 30.8 Å². The summed E-state index contributed by atoms with van der Waals surface area (Å²) >= 11 is 0. The highest BCUT2D eigenvalue weighted by Gasteiger charge is 2.42. The highest BCUT2D eigenvalue weighted by Crippen LogP contribution is 2.38. The summed E-state index contributed by atoms with van der Waals surface area (Å²) in [4.78, 5) is 21.2. The second kappa shape index (κ2) is 6.01. The van der Waals surface area contributed by atoms with Gasteiger partial charge in [0.15, 0.2) is 0 Å². The number of fused-ring (bicyclic) bond motifs is 2. The second-order valence-corrected chi connectivity index (χ2v) is 6.71. The minimum atomic E-state index is -4.20. The van der Waals surface area contributed by atoms with Gasteiger partial charge in [-0.2, -0.15) is 13.2 Å². The molecule has 6 nitrogen and oxygen atoms in total. The number of hydrogen-bond donors (Lipinski definition) is 3. The number of aromatic amines is 1. The maximum atomic E-state index is 13.0. The molecule has 1 amide bonds. The number of anilines is 1. The Bertz CT molecular complexity index is 862. The third kappa shape index (κ3) is 2.82. The largest absolute Gasteiger partial charge is 0.392 e. The molecule has 26 heavy (non-hydrogen) atoms. The standard InChI is InChI=1S/C17H17F3N4O2/c18-17(19,20)10-4-5-13-14(6-10)22-16(21-13)24-7-9-2-1-3-11(12(9)8-24)15(25)23-26/h1-3,10,26H,4-8H2,(H,21,22)(H,23,25). The lowest BCUT2D eigenvalue weighted by molar-refractivity contribution is -0.177. The summed E-state index contributed by atoms with van der Waals surface area (Å²) in [6.07, 6.45) is -3.92. The van der Waals surface area contributed by atoms with Crippen LogP contribution in [0.2, 0.25) is 0 Å². The van der Waals surface area contributed by atoms with Gasteiger partial charge in [-0.3, -0.25) is 10.0 Å². The van der Waals surface area contributed by atoms with E-state index in [9.17, 15) is 18.0 Å². The number of halogens is 3. The Labute approximate surface area is 147 Å². The fourth-order valence-electron chi connectivity index (χ4n) is 3.74. The molecule has 1 unspecified atom stereocenters. The van der Waals surface area contributed by atoms with Crippen LogP contribution in [-0.2, 0) is 25.9 Å². The Hall–Kier alpha value is -2.55. The van der Waals surface area contributed by atoms with Crippen molar-refractivity contribution >= 4 is 11.9 Å². The van der Waals surface area contributed by atoms with Gasteiger partial charge >= 0.3 is 6.18 Å². The number of carbonyl (C=O) groups is 1. The lowest BCUT2D eigenvalue weighted by Crippen LogP contribution is -2.28. The summed E-state index contributed by atoms with van der Waals surface area (Å²) in [5.74, 6) is -1.40. The molecule has 2 aromatic rings. The van der Waals surface area contributed by atoms with Gasteiger partial charge in [-0.15, -0.1) is 0 Å². The molecule has 138 valence electrons. The van der Waals surface area contributed by atoms with E-state index in [2.05, 4.69) is 9.97 Å². The third-order valence-corrected chi connectivity index (χ3v) is 5.12. The van der Waals surface area contributed by atoms with E-state index >= 15 is 0 Å². The molecule has 1 aliphatic carbocycles. The smallest absolute Gasteiger partial charge is 0.334 e. The summed E-state index contributed by atoms with van der Waals surface area (Å²) in [6, 6.07) is 5.23. The summed E-state index contributed by atoms with van der Waals surface area (Å²) in [5, 5.41) is 8.88. The molecular weight excluding hydrogens is 349 g/mol. The topological polar surface area (TPSA) is 81.2 Å². The van der Waals surface area contributed by atoms with Gasteiger partial charge in [0.05, 0.1) is 11.6 Å². The average molecular weight is 366 g/mol. The van der Waals surface area contributed by atoms with E-state index in [1.54, 1.807) is 17.6 Å². The first kappa shape index (κ1) is 16.9. The lowest BCUT2D eigenvalue weighted by Gasteiger charge is -2.23. The number of amides is 1. The van der Waals surface area contributed by atoms with Crippen molar-refractivity contribution in [3.05, 3.63) is 46.3 Å². The monoisotopic (exact) mass is 366 g/mol. The van der Waals surface area contributed by atoms with Crippen LogP contribution in [0, 0.1) is 5.92 Å². The summed E-state index contributed by atoms with van der Waals surface area (Å²) in [6.45, 7) is 0.894. The van der Waals surface area contributed by atoms with E-state index in [1.165, 1.54) is 0 Å². The zero-order valence-corrected chi connectivity index (χ0v) is 13.7. The van der Waals surface area contributed by atoms with E-state index in [4.69, 9.17) is 5.21 Å². The van der Waals surface area contributed by atoms with Gasteiger partial charge in [0.1, 0.15) is 0 Å². The zero-order valence-electron chi connectivity index (χ0n) is 13.7. The molecule has 1 aliphatic heterocycles. The fraction of sp³-hybridized carbons (Fsp3) is 0.412. The third-order valence-electron chi connectivity index (χ3n) is 5.12. The first-order chi connectivity index (χ1) is 12.4. The molecule has 3 N–H and O–H groups in total. The molecule has 2 heterocycles. The molecule has 9 heteroatoms. The van der Waals surface area contributed by atoms with Crippen molar-refractivity contribution in [1.82, 2.24) is 15.4 Å². The number of aromatic nitrogens is 2. The van der Waals surface area contributed by atoms with Crippen LogP contribution < -0.4 is 10.4 Å². The Morgan fingerprint density at radius 1 is 1.35 bits per heavy atom.